The molecule has 0 radical (unpaired) electrons. The van der Waals surface area contributed by atoms with Crippen LogP contribution in [0.25, 0.3) is 32.6 Å². The summed E-state index contributed by atoms with van der Waals surface area (Å²) in [6, 6.07) is 18.2. The van der Waals surface area contributed by atoms with Gasteiger partial charge in [0.05, 0.1) is 11.4 Å². The molecule has 6 rings (SSSR count). The Labute approximate surface area is 197 Å². The molecule has 3 heterocycles. The highest BCUT2D eigenvalue weighted by Crippen LogP contribution is 2.41. The van der Waals surface area contributed by atoms with Crippen LogP contribution in [0.15, 0.2) is 71.4 Å². The van der Waals surface area contributed by atoms with Crippen molar-refractivity contribution in [1.82, 2.24) is 10.3 Å². The molecule has 0 unspecified atom stereocenters. The summed E-state index contributed by atoms with van der Waals surface area (Å²) in [6.07, 6.45) is 3.77. The van der Waals surface area contributed by atoms with Crippen LogP contribution in [0, 0.1) is 5.82 Å². The molecule has 3 aromatic heterocycles. The van der Waals surface area contributed by atoms with Crippen molar-refractivity contribution < 1.29 is 18.4 Å². The molecule has 0 aliphatic heterocycles. The maximum absolute atomic E-state index is 14.1. The first kappa shape index (κ1) is 20.5. The topological polar surface area (TPSA) is 97.9 Å². The van der Waals surface area contributed by atoms with Crippen LogP contribution in [0.4, 0.5) is 16.0 Å². The Morgan fingerprint density at radius 2 is 1.91 bits per heavy atom. The normalized spacial score (nSPS) is 13.3. The number of nitrogens with one attached hydrogen (secondary N) is 1. The molecule has 168 valence electrons. The van der Waals surface area contributed by atoms with Crippen molar-refractivity contribution in [3.63, 3.8) is 0 Å². The maximum Gasteiger partial charge on any atom is 0.302 e. The van der Waals surface area contributed by atoms with Gasteiger partial charge in [0.15, 0.2) is 6.04 Å². The number of hydrogen-bond acceptors (Lipinski definition) is 6. The Morgan fingerprint density at radius 1 is 1.12 bits per heavy atom. The third-order valence-electron chi connectivity index (χ3n) is 5.75. The highest BCUT2D eigenvalue weighted by molar-refractivity contribution is 7.21. The number of thiophene rings is 1. The van der Waals surface area contributed by atoms with E-state index in [9.17, 15) is 9.18 Å². The Kier molecular flexibility index (Phi) is 4.84. The summed E-state index contributed by atoms with van der Waals surface area (Å²) >= 11 is 1.19. The van der Waals surface area contributed by atoms with E-state index in [1.807, 2.05) is 42.5 Å². The van der Waals surface area contributed by atoms with Crippen molar-refractivity contribution in [2.75, 3.05) is 11.1 Å². The molecular formula is C25H19FN5O2S+. The molecule has 1 saturated carbocycles. The number of carbonyl (C=O) groups excluding carboxylic acids is 1. The fraction of sp³-hybridized carbons (Fsp3) is 0.120. The second kappa shape index (κ2) is 8.03. The molecule has 1 fully saturated rings. The Morgan fingerprint density at radius 3 is 2.68 bits per heavy atom. The van der Waals surface area contributed by atoms with Crippen LogP contribution in [0.5, 0.6) is 0 Å². The van der Waals surface area contributed by atoms with Gasteiger partial charge in [-0.05, 0) is 34.0 Å². The summed E-state index contributed by atoms with van der Waals surface area (Å²) < 4.78 is 21.0. The van der Waals surface area contributed by atoms with Gasteiger partial charge in [0.25, 0.3) is 12.1 Å². The molecule has 1 aliphatic rings. The number of benzene rings is 2. The van der Waals surface area contributed by atoms with E-state index >= 15 is 0 Å². The van der Waals surface area contributed by atoms with E-state index in [1.54, 1.807) is 16.9 Å². The first-order valence-corrected chi connectivity index (χ1v) is 11.6. The second-order valence-corrected chi connectivity index (χ2v) is 9.19. The number of carbonyl (C=O) groups is 1. The van der Waals surface area contributed by atoms with Gasteiger partial charge < -0.3 is 5.73 Å². The number of nitrogens with zero attached hydrogens (tertiary/aromatic N) is 3. The molecule has 7 nitrogen and oxygen atoms in total. The van der Waals surface area contributed by atoms with Crippen molar-refractivity contribution >= 4 is 39.0 Å². The van der Waals surface area contributed by atoms with Crippen molar-refractivity contribution in [1.29, 1.82) is 0 Å². The van der Waals surface area contributed by atoms with Gasteiger partial charge in [0, 0.05) is 23.8 Å². The average Bonchev–Trinajstić information content (AvgIpc) is 3.51. The number of anilines is 2. The summed E-state index contributed by atoms with van der Waals surface area (Å²) in [4.78, 5) is 18.8. The van der Waals surface area contributed by atoms with Crippen LogP contribution in [-0.2, 0) is 0 Å². The zero-order valence-corrected chi connectivity index (χ0v) is 18.7. The molecule has 1 amide bonds. The molecule has 34 heavy (non-hydrogen) atoms. The van der Waals surface area contributed by atoms with Gasteiger partial charge in [0.2, 0.25) is 5.27 Å². The lowest BCUT2D eigenvalue weighted by Gasteiger charge is -2.09. The van der Waals surface area contributed by atoms with Crippen molar-refractivity contribution in [3.05, 3.63) is 77.6 Å². The second-order valence-electron chi connectivity index (χ2n) is 8.19. The average molecular weight is 473 g/mol. The fourth-order valence-corrected chi connectivity index (χ4v) is 4.94. The lowest BCUT2D eigenvalue weighted by Crippen LogP contribution is -2.32. The number of hydrogen-bond donors (Lipinski definition) is 2. The van der Waals surface area contributed by atoms with E-state index in [0.717, 1.165) is 18.4 Å². The summed E-state index contributed by atoms with van der Waals surface area (Å²) in [5.41, 5.74) is 9.76. The van der Waals surface area contributed by atoms with Gasteiger partial charge in [-0.2, -0.15) is 0 Å². The number of aromatic nitrogens is 3. The monoisotopic (exact) mass is 472 g/mol. The summed E-state index contributed by atoms with van der Waals surface area (Å²) in [5.74, 6) is -0.520. The largest absolute Gasteiger partial charge is 0.397 e. The Balaban J connectivity index is 1.47. The van der Waals surface area contributed by atoms with E-state index in [2.05, 4.69) is 10.6 Å². The van der Waals surface area contributed by atoms with E-state index in [0.29, 0.717) is 43.6 Å². The van der Waals surface area contributed by atoms with E-state index in [4.69, 9.17) is 15.2 Å². The minimum absolute atomic E-state index is 0.247. The van der Waals surface area contributed by atoms with E-state index < -0.39 is 5.91 Å². The van der Waals surface area contributed by atoms with Gasteiger partial charge in [-0.25, -0.2) is 9.37 Å². The Hall–Kier alpha value is -4.11. The number of nitrogens with two attached hydrogens (primary N) is 1. The minimum atomic E-state index is -0.411. The van der Waals surface area contributed by atoms with E-state index in [1.165, 1.54) is 23.5 Å². The molecule has 1 aliphatic carbocycles. The summed E-state index contributed by atoms with van der Waals surface area (Å²) in [7, 11) is 0. The van der Waals surface area contributed by atoms with Gasteiger partial charge in [-0.15, -0.1) is 11.3 Å². The molecular weight excluding hydrogens is 453 g/mol. The van der Waals surface area contributed by atoms with Crippen LogP contribution < -0.4 is 15.7 Å². The maximum atomic E-state index is 14.1. The van der Waals surface area contributed by atoms with Crippen LogP contribution in [-0.4, -0.2) is 16.2 Å². The van der Waals surface area contributed by atoms with Crippen LogP contribution in [0.1, 0.15) is 28.6 Å². The standard InChI is InChI=1S/C25H18FN5O2S/c26-16-8-4-7-15(11-16)18-12-19(14-5-2-1-3-6-14)28-25-21(18)22(27)23(34-25)24(32)29-20-13-31(30-33-20)17-9-10-17/h1-8,11-13,17H,9-10H2,(H2-,27,29,30,32)/p+1. The molecule has 0 spiro atoms. The molecule has 3 N–H and O–H groups in total. The quantitative estimate of drug-likeness (QED) is 0.342. The zero-order chi connectivity index (χ0) is 23.2. The molecule has 2 aromatic carbocycles. The number of rotatable bonds is 5. The van der Waals surface area contributed by atoms with Crippen LogP contribution in [0.2, 0.25) is 0 Å². The molecule has 0 atom stereocenters. The first-order valence-electron chi connectivity index (χ1n) is 10.8. The zero-order valence-electron chi connectivity index (χ0n) is 17.9. The number of halogens is 1. The summed E-state index contributed by atoms with van der Waals surface area (Å²) in [6.45, 7) is 0. The molecule has 5 aromatic rings. The van der Waals surface area contributed by atoms with Crippen LogP contribution in [0.3, 0.4) is 0 Å². The lowest BCUT2D eigenvalue weighted by atomic mass is 9.99. The highest BCUT2D eigenvalue weighted by Gasteiger charge is 2.36. The predicted octanol–water partition coefficient (Wildman–Crippen LogP) is 5.21. The minimum Gasteiger partial charge on any atom is -0.397 e. The predicted molar refractivity (Wildman–Crippen MR) is 128 cm³/mol. The lowest BCUT2D eigenvalue weighted by molar-refractivity contribution is -0.765. The van der Waals surface area contributed by atoms with Crippen molar-refractivity contribution in [3.8, 4) is 22.4 Å². The first-order chi connectivity index (χ1) is 16.6. The fourth-order valence-electron chi connectivity index (χ4n) is 3.92. The molecule has 9 heteroatoms. The van der Waals surface area contributed by atoms with Crippen LogP contribution >= 0.6 is 11.3 Å². The van der Waals surface area contributed by atoms with Gasteiger partial charge in [-0.1, -0.05) is 42.5 Å². The van der Waals surface area contributed by atoms with Crippen molar-refractivity contribution in [2.24, 2.45) is 0 Å². The summed E-state index contributed by atoms with van der Waals surface area (Å²) in [5, 5.41) is 7.30. The molecule has 0 saturated heterocycles. The third-order valence-corrected chi connectivity index (χ3v) is 6.85. The smallest absolute Gasteiger partial charge is 0.302 e. The highest BCUT2D eigenvalue weighted by atomic mass is 32.1. The van der Waals surface area contributed by atoms with Gasteiger partial charge >= 0.3 is 5.88 Å². The SMILES string of the molecule is Nc1c(C(=O)Nc2c[n+](C3CC3)no2)sc2nc(-c3ccccc3)cc(-c3cccc(F)c3)c12. The third kappa shape index (κ3) is 3.69. The number of fused-ring (bicyclic) bond motifs is 1. The Bertz CT molecular complexity index is 1540. The number of nitrogen functional groups attached to an aromatic ring is 1. The van der Waals surface area contributed by atoms with Gasteiger partial charge in [-0.3, -0.25) is 14.6 Å². The molecule has 0 bridgehead atoms. The van der Waals surface area contributed by atoms with E-state index in [-0.39, 0.29) is 11.7 Å². The van der Waals surface area contributed by atoms with Gasteiger partial charge in [0.1, 0.15) is 15.5 Å². The number of amides is 1. The van der Waals surface area contributed by atoms with Crippen molar-refractivity contribution in [2.45, 2.75) is 18.9 Å². The number of pyridine rings is 1.